The molecule has 35 heavy (non-hydrogen) atoms. The quantitative estimate of drug-likeness (QED) is 0.396. The molecule has 0 spiro atoms. The summed E-state index contributed by atoms with van der Waals surface area (Å²) in [7, 11) is -2.74. The zero-order chi connectivity index (χ0) is 25.2. The first-order chi connectivity index (χ1) is 16.7. The summed E-state index contributed by atoms with van der Waals surface area (Å²) in [5, 5.41) is 1.58. The number of carbonyl (C=O) groups is 2. The van der Waals surface area contributed by atoms with E-state index >= 15 is 0 Å². The number of ether oxygens (including phenoxy) is 2. The van der Waals surface area contributed by atoms with Crippen LogP contribution < -0.4 is 9.04 Å². The number of ketones is 1. The van der Waals surface area contributed by atoms with Gasteiger partial charge in [-0.2, -0.15) is 8.42 Å². The number of carbonyl (C=O) groups excluding carboxylic acids is 2. The van der Waals surface area contributed by atoms with Gasteiger partial charge in [-0.3, -0.25) is 9.10 Å². The Morgan fingerprint density at radius 2 is 1.89 bits per heavy atom. The molecule has 2 aromatic carbocycles. The van der Waals surface area contributed by atoms with Crippen LogP contribution in [0.3, 0.4) is 0 Å². The number of anilines is 1. The van der Waals surface area contributed by atoms with Crippen molar-refractivity contribution in [1.29, 1.82) is 0 Å². The molecule has 1 aliphatic rings. The fraction of sp³-hybridized carbons (Fsp3) is 0.320. The van der Waals surface area contributed by atoms with E-state index < -0.39 is 16.0 Å². The van der Waals surface area contributed by atoms with Crippen LogP contribution >= 0.6 is 11.3 Å². The van der Waals surface area contributed by atoms with E-state index in [-0.39, 0.29) is 23.3 Å². The summed E-state index contributed by atoms with van der Waals surface area (Å²) in [6.45, 7) is 3.04. The number of hydrogen-bond acceptors (Lipinski definition) is 8. The molecule has 8 nitrogen and oxygen atoms in total. The molecular weight excluding hydrogens is 488 g/mol. The van der Waals surface area contributed by atoms with Gasteiger partial charge in [0.25, 0.3) is 10.0 Å². The molecule has 1 heterocycles. The van der Waals surface area contributed by atoms with Gasteiger partial charge in [-0.05, 0) is 79.6 Å². The van der Waals surface area contributed by atoms with Crippen molar-refractivity contribution >= 4 is 38.8 Å². The maximum absolute atomic E-state index is 13.5. The monoisotopic (exact) mass is 514 g/mol. The Labute approximate surface area is 208 Å². The van der Waals surface area contributed by atoms with Gasteiger partial charge in [0.1, 0.15) is 18.1 Å². The second kappa shape index (κ2) is 10.2. The topological polar surface area (TPSA) is 103 Å². The number of aromatic nitrogens is 1. The Bertz CT molecular complexity index is 1370. The van der Waals surface area contributed by atoms with Crippen LogP contribution in [0.2, 0.25) is 0 Å². The number of hydrogen-bond donors (Lipinski definition) is 0. The molecule has 184 valence electrons. The van der Waals surface area contributed by atoms with Crippen molar-refractivity contribution in [2.75, 3.05) is 18.0 Å². The Kier molecular flexibility index (Phi) is 7.23. The third-order valence-corrected chi connectivity index (χ3v) is 8.81. The molecule has 1 aliphatic carbocycles. The first-order valence-corrected chi connectivity index (χ1v) is 13.4. The molecule has 1 aromatic heterocycles. The molecule has 0 saturated heterocycles. The van der Waals surface area contributed by atoms with Crippen LogP contribution in [0.25, 0.3) is 0 Å². The highest BCUT2D eigenvalue weighted by atomic mass is 32.2. The number of Topliss-reactive ketones (excluding diaryl/α,β-unsaturated/α-hetero) is 1. The van der Waals surface area contributed by atoms with E-state index in [4.69, 9.17) is 9.47 Å². The van der Waals surface area contributed by atoms with Crippen LogP contribution in [0.1, 0.15) is 46.0 Å². The van der Waals surface area contributed by atoms with E-state index in [9.17, 15) is 18.0 Å². The first-order valence-electron chi connectivity index (χ1n) is 11.1. The highest BCUT2D eigenvalue weighted by Crippen LogP contribution is 2.39. The van der Waals surface area contributed by atoms with Crippen LogP contribution in [0.4, 0.5) is 5.69 Å². The maximum Gasteiger partial charge on any atom is 0.337 e. The predicted octanol–water partition coefficient (Wildman–Crippen LogP) is 4.09. The van der Waals surface area contributed by atoms with E-state index in [0.29, 0.717) is 17.0 Å². The molecule has 0 aliphatic heterocycles. The summed E-state index contributed by atoms with van der Waals surface area (Å²) in [5.74, 6) is -0.344. The van der Waals surface area contributed by atoms with Crippen molar-refractivity contribution in [1.82, 2.24) is 4.98 Å². The van der Waals surface area contributed by atoms with Crippen LogP contribution in [-0.4, -0.2) is 38.8 Å². The standard InChI is InChI=1S/C25H26N2O6S2/c1-16-11-20(24(29)32-3)7-8-21(16)15-33-23-13-19-6-4-5-18(19)12-22(23)27(14-17(2)28)35(30,31)25-26-9-10-34-25/h7-13H,4-6,14-15H2,1-3H3. The Balaban J connectivity index is 1.73. The highest BCUT2D eigenvalue weighted by Gasteiger charge is 2.32. The van der Waals surface area contributed by atoms with Gasteiger partial charge in [-0.1, -0.05) is 6.07 Å². The number of methoxy groups -OCH3 is 1. The summed E-state index contributed by atoms with van der Waals surface area (Å²) < 4.78 is 38.9. The van der Waals surface area contributed by atoms with Gasteiger partial charge in [0.05, 0.1) is 24.9 Å². The summed E-state index contributed by atoms with van der Waals surface area (Å²) in [5.41, 5.74) is 4.59. The molecule has 10 heteroatoms. The van der Waals surface area contributed by atoms with Crippen molar-refractivity contribution in [2.45, 2.75) is 44.1 Å². The van der Waals surface area contributed by atoms with Crippen LogP contribution in [0.5, 0.6) is 5.75 Å². The molecule has 0 amide bonds. The lowest BCUT2D eigenvalue weighted by Gasteiger charge is -2.25. The lowest BCUT2D eigenvalue weighted by atomic mass is 10.1. The number of nitrogens with zero attached hydrogens (tertiary/aromatic N) is 2. The SMILES string of the molecule is COC(=O)c1ccc(COc2cc3c(cc2N(CC(C)=O)S(=O)(=O)c2nccs2)CCC3)c(C)c1. The minimum Gasteiger partial charge on any atom is -0.487 e. The van der Waals surface area contributed by atoms with Crippen molar-refractivity contribution in [3.8, 4) is 5.75 Å². The highest BCUT2D eigenvalue weighted by molar-refractivity contribution is 7.94. The molecule has 0 fully saturated rings. The van der Waals surface area contributed by atoms with Crippen molar-refractivity contribution < 1.29 is 27.5 Å². The molecule has 0 radical (unpaired) electrons. The van der Waals surface area contributed by atoms with Gasteiger partial charge in [0, 0.05) is 11.6 Å². The van der Waals surface area contributed by atoms with Crippen LogP contribution in [0.15, 0.2) is 46.2 Å². The Morgan fingerprint density at radius 3 is 2.51 bits per heavy atom. The molecule has 3 aromatic rings. The smallest absolute Gasteiger partial charge is 0.337 e. The third-order valence-electron chi connectivity index (χ3n) is 5.88. The van der Waals surface area contributed by atoms with Gasteiger partial charge >= 0.3 is 5.97 Å². The van der Waals surface area contributed by atoms with Gasteiger partial charge < -0.3 is 9.47 Å². The number of rotatable bonds is 9. The minimum atomic E-state index is -4.07. The van der Waals surface area contributed by atoms with E-state index in [0.717, 1.165) is 57.2 Å². The lowest BCUT2D eigenvalue weighted by Crippen LogP contribution is -2.35. The van der Waals surface area contributed by atoms with Crippen LogP contribution in [0, 0.1) is 6.92 Å². The zero-order valence-corrected chi connectivity index (χ0v) is 21.4. The Hall–Kier alpha value is -3.24. The van der Waals surface area contributed by atoms with Crippen molar-refractivity contribution in [3.63, 3.8) is 0 Å². The van der Waals surface area contributed by atoms with Crippen LogP contribution in [-0.2, 0) is 39.0 Å². The van der Waals surface area contributed by atoms with Gasteiger partial charge in [-0.25, -0.2) is 9.78 Å². The molecule has 0 atom stereocenters. The normalized spacial score (nSPS) is 12.8. The maximum atomic E-state index is 13.5. The number of sulfonamides is 1. The van der Waals surface area contributed by atoms with E-state index in [1.54, 1.807) is 23.6 Å². The van der Waals surface area contributed by atoms with Gasteiger partial charge in [0.2, 0.25) is 4.34 Å². The summed E-state index contributed by atoms with van der Waals surface area (Å²) >= 11 is 0.998. The second-order valence-corrected chi connectivity index (χ2v) is 11.3. The lowest BCUT2D eigenvalue weighted by molar-refractivity contribution is -0.115. The van der Waals surface area contributed by atoms with Crippen molar-refractivity contribution in [3.05, 3.63) is 69.7 Å². The molecule has 0 saturated carbocycles. The minimum absolute atomic E-state index is 0.0839. The number of esters is 1. The average Bonchev–Trinajstić information content (AvgIpc) is 3.52. The molecular formula is C25H26N2O6S2. The van der Waals surface area contributed by atoms with Gasteiger partial charge in [-0.15, -0.1) is 11.3 Å². The Morgan fingerprint density at radius 1 is 1.14 bits per heavy atom. The fourth-order valence-corrected chi connectivity index (χ4v) is 6.51. The van der Waals surface area contributed by atoms with E-state index in [2.05, 4.69) is 4.98 Å². The molecule has 0 unspecified atom stereocenters. The van der Waals surface area contributed by atoms with E-state index in [1.165, 1.54) is 20.2 Å². The second-order valence-electron chi connectivity index (χ2n) is 8.38. The molecule has 0 bridgehead atoms. The number of aryl methyl sites for hydroxylation is 3. The molecule has 0 N–H and O–H groups in total. The summed E-state index contributed by atoms with van der Waals surface area (Å²) in [6, 6.07) is 8.87. The largest absolute Gasteiger partial charge is 0.487 e. The number of benzene rings is 2. The van der Waals surface area contributed by atoms with Crippen molar-refractivity contribution in [2.24, 2.45) is 0 Å². The third kappa shape index (κ3) is 5.23. The predicted molar refractivity (Wildman–Crippen MR) is 133 cm³/mol. The summed E-state index contributed by atoms with van der Waals surface area (Å²) in [6.07, 6.45) is 4.11. The zero-order valence-electron chi connectivity index (χ0n) is 19.7. The fourth-order valence-electron chi connectivity index (χ4n) is 4.09. The molecule has 4 rings (SSSR count). The first kappa shape index (κ1) is 24.9. The summed E-state index contributed by atoms with van der Waals surface area (Å²) in [4.78, 5) is 27.9. The van der Waals surface area contributed by atoms with E-state index in [1.807, 2.05) is 19.1 Å². The van der Waals surface area contributed by atoms with Gasteiger partial charge in [0.15, 0.2) is 0 Å². The number of thiazole rings is 1. The number of fused-ring (bicyclic) bond motifs is 1. The average molecular weight is 515 g/mol.